The predicted molar refractivity (Wildman–Crippen MR) is 173 cm³/mol. The lowest BCUT2D eigenvalue weighted by Gasteiger charge is -2.32. The molecule has 11 heteroatoms. The summed E-state index contributed by atoms with van der Waals surface area (Å²) in [6.45, 7) is 5.21. The Bertz CT molecular complexity index is 1560. The number of benzene rings is 2. The molecule has 2 aliphatic rings. The minimum atomic E-state index is -0.606. The first-order valence-corrected chi connectivity index (χ1v) is 16.2. The third-order valence-electron chi connectivity index (χ3n) is 8.72. The molecule has 1 N–H and O–H groups in total. The number of esters is 1. The number of para-hydroxylation sites is 1. The van der Waals surface area contributed by atoms with Crippen LogP contribution in [0.2, 0.25) is 5.02 Å². The van der Waals surface area contributed by atoms with Crippen molar-refractivity contribution in [2.75, 3.05) is 33.9 Å². The molecule has 1 saturated heterocycles. The van der Waals surface area contributed by atoms with E-state index in [0.717, 1.165) is 41.0 Å². The zero-order valence-corrected chi connectivity index (χ0v) is 27.6. The van der Waals surface area contributed by atoms with Crippen LogP contribution in [0.5, 0.6) is 11.5 Å². The first kappa shape index (κ1) is 33.3. The zero-order chi connectivity index (χ0) is 32.8. The zero-order valence-electron chi connectivity index (χ0n) is 26.8. The van der Waals surface area contributed by atoms with Crippen LogP contribution < -0.4 is 14.8 Å². The van der Waals surface area contributed by atoms with Gasteiger partial charge in [-0.05, 0) is 68.5 Å². The number of piperidine rings is 1. The van der Waals surface area contributed by atoms with E-state index in [0.29, 0.717) is 55.6 Å². The Morgan fingerprint density at radius 1 is 1.02 bits per heavy atom. The van der Waals surface area contributed by atoms with Gasteiger partial charge in [-0.25, -0.2) is 0 Å². The summed E-state index contributed by atoms with van der Waals surface area (Å²) in [5.74, 6) is 1.08. The van der Waals surface area contributed by atoms with Crippen molar-refractivity contribution in [2.24, 2.45) is 5.92 Å². The molecule has 0 spiro atoms. The van der Waals surface area contributed by atoms with E-state index in [1.54, 1.807) is 21.1 Å². The lowest BCUT2D eigenvalue weighted by molar-refractivity contribution is -0.144. The smallest absolute Gasteiger partial charge is 0.306 e. The molecule has 2 aromatic carbocycles. The van der Waals surface area contributed by atoms with Gasteiger partial charge in [0.05, 0.1) is 44.9 Å². The largest absolute Gasteiger partial charge is 0.493 e. The average molecular weight is 652 g/mol. The first-order valence-electron chi connectivity index (χ1n) is 15.8. The third kappa shape index (κ3) is 7.34. The second-order valence-corrected chi connectivity index (χ2v) is 12.1. The molecule has 0 saturated carbocycles. The van der Waals surface area contributed by atoms with Gasteiger partial charge < -0.3 is 33.7 Å². The van der Waals surface area contributed by atoms with Gasteiger partial charge in [0.2, 0.25) is 11.8 Å². The van der Waals surface area contributed by atoms with Gasteiger partial charge >= 0.3 is 5.97 Å². The molecule has 0 unspecified atom stereocenters. The number of likely N-dealkylation sites (tertiary alicyclic amines) is 1. The molecule has 3 aromatic rings. The van der Waals surface area contributed by atoms with E-state index < -0.39 is 12.2 Å². The van der Waals surface area contributed by atoms with E-state index in [9.17, 15) is 14.4 Å². The molecule has 1 aromatic heterocycles. The highest BCUT2D eigenvalue weighted by atomic mass is 35.5. The molecule has 2 aliphatic heterocycles. The summed E-state index contributed by atoms with van der Waals surface area (Å²) in [6, 6.07) is 15.3. The number of nitrogens with one attached hydrogen (secondary N) is 1. The summed E-state index contributed by atoms with van der Waals surface area (Å²) >= 11 is 6.58. The lowest BCUT2D eigenvalue weighted by Crippen LogP contribution is -2.39. The Morgan fingerprint density at radius 2 is 1.80 bits per heavy atom. The number of aromatic nitrogens is 1. The number of hydrogen-bond acceptors (Lipinski definition) is 7. The van der Waals surface area contributed by atoms with Crippen molar-refractivity contribution < 1.29 is 33.3 Å². The fourth-order valence-corrected chi connectivity index (χ4v) is 6.65. The average Bonchev–Trinajstić information content (AvgIpc) is 3.41. The van der Waals surface area contributed by atoms with Crippen LogP contribution in [-0.2, 0) is 30.4 Å². The van der Waals surface area contributed by atoms with Crippen LogP contribution in [0.3, 0.4) is 0 Å². The van der Waals surface area contributed by atoms with Crippen molar-refractivity contribution in [1.82, 2.24) is 14.8 Å². The minimum Gasteiger partial charge on any atom is -0.493 e. The number of hydrogen-bond donors (Lipinski definition) is 1. The fourth-order valence-electron chi connectivity index (χ4n) is 6.47. The van der Waals surface area contributed by atoms with Crippen molar-refractivity contribution in [3.8, 4) is 17.2 Å². The van der Waals surface area contributed by atoms with Crippen molar-refractivity contribution >= 4 is 29.4 Å². The first-order chi connectivity index (χ1) is 22.2. The predicted octanol–water partition coefficient (Wildman–Crippen LogP) is 5.92. The quantitative estimate of drug-likeness (QED) is 0.257. The van der Waals surface area contributed by atoms with Crippen molar-refractivity contribution in [1.29, 1.82) is 0 Å². The van der Waals surface area contributed by atoms with Gasteiger partial charge in [0.15, 0.2) is 11.5 Å². The summed E-state index contributed by atoms with van der Waals surface area (Å²) in [7, 11) is 3.19. The van der Waals surface area contributed by atoms with E-state index in [-0.39, 0.29) is 30.1 Å². The highest BCUT2D eigenvalue weighted by Crippen LogP contribution is 2.47. The van der Waals surface area contributed by atoms with Gasteiger partial charge in [0, 0.05) is 54.7 Å². The molecule has 0 aliphatic carbocycles. The molecule has 46 heavy (non-hydrogen) atoms. The van der Waals surface area contributed by atoms with Gasteiger partial charge in [0.1, 0.15) is 6.10 Å². The van der Waals surface area contributed by atoms with Crippen LogP contribution in [0.15, 0.2) is 48.5 Å². The monoisotopic (exact) mass is 651 g/mol. The molecule has 5 rings (SSSR count). The van der Waals surface area contributed by atoms with E-state index in [4.69, 9.17) is 30.5 Å². The van der Waals surface area contributed by atoms with Crippen LogP contribution in [0.4, 0.5) is 0 Å². The van der Waals surface area contributed by atoms with Gasteiger partial charge in [-0.15, -0.1) is 0 Å². The number of fused-ring (bicyclic) bond motifs is 3. The molecule has 2 atom stereocenters. The standard InChI is InChI=1S/C35H42ClN3O7/c1-5-45-33(42)19-23-15-17-38(18-16-23)32(41)14-13-30-29-12-10-25(21-37-22(2)40)39(29)28-11-9-24(36)20-27(28)34(46-30)26-7-6-8-31(43-3)35(26)44-4/h6-12,20,23,30,34H,5,13-19,21H2,1-4H3,(H,37,40)/t30-,34-/m1/s1. The van der Waals surface area contributed by atoms with Crippen molar-refractivity contribution in [2.45, 2.75) is 64.7 Å². The molecule has 246 valence electrons. The second kappa shape index (κ2) is 15.0. The van der Waals surface area contributed by atoms with E-state index >= 15 is 0 Å². The Balaban J connectivity index is 1.46. The van der Waals surface area contributed by atoms with Gasteiger partial charge in [-0.2, -0.15) is 0 Å². The molecule has 3 heterocycles. The number of carbonyl (C=O) groups is 3. The van der Waals surface area contributed by atoms with Gasteiger partial charge in [-0.1, -0.05) is 23.7 Å². The van der Waals surface area contributed by atoms with Gasteiger partial charge in [-0.3, -0.25) is 14.4 Å². The number of ether oxygens (including phenoxy) is 4. The number of carbonyl (C=O) groups excluding carboxylic acids is 3. The van der Waals surface area contributed by atoms with Crippen molar-refractivity contribution in [3.05, 3.63) is 76.1 Å². The molecule has 1 fully saturated rings. The Hall–Kier alpha value is -4.02. The fraction of sp³-hybridized carbons (Fsp3) is 0.457. The van der Waals surface area contributed by atoms with Crippen LogP contribution in [0.1, 0.15) is 80.7 Å². The maximum Gasteiger partial charge on any atom is 0.306 e. The molecular formula is C35H42ClN3O7. The summed E-state index contributed by atoms with van der Waals surface area (Å²) in [6.07, 6.45) is 1.55. The Labute approximate surface area is 274 Å². The van der Waals surface area contributed by atoms with Crippen LogP contribution >= 0.6 is 11.6 Å². The molecule has 10 nitrogen and oxygen atoms in total. The topological polar surface area (TPSA) is 108 Å². The maximum atomic E-state index is 13.5. The molecule has 0 radical (unpaired) electrons. The number of rotatable bonds is 11. The summed E-state index contributed by atoms with van der Waals surface area (Å²) in [5.41, 5.74) is 4.18. The minimum absolute atomic E-state index is 0.0510. The second-order valence-electron chi connectivity index (χ2n) is 11.7. The highest BCUT2D eigenvalue weighted by Gasteiger charge is 2.35. The van der Waals surface area contributed by atoms with Gasteiger partial charge in [0.25, 0.3) is 0 Å². The van der Waals surface area contributed by atoms with E-state index in [1.165, 1.54) is 6.92 Å². The van der Waals surface area contributed by atoms with E-state index in [2.05, 4.69) is 9.88 Å². The van der Waals surface area contributed by atoms with Crippen molar-refractivity contribution in [3.63, 3.8) is 0 Å². The maximum absolute atomic E-state index is 13.5. The number of methoxy groups -OCH3 is 2. The molecule has 2 amide bonds. The summed E-state index contributed by atoms with van der Waals surface area (Å²) in [5, 5.41) is 3.46. The lowest BCUT2D eigenvalue weighted by atomic mass is 9.93. The summed E-state index contributed by atoms with van der Waals surface area (Å²) < 4.78 is 25.6. The Morgan fingerprint density at radius 3 is 2.50 bits per heavy atom. The van der Waals surface area contributed by atoms with Crippen LogP contribution in [-0.4, -0.2) is 61.2 Å². The SMILES string of the molecule is CCOC(=O)CC1CCN(C(=O)CC[C@H]2O[C@H](c3cccc(OC)c3OC)c3cc(Cl)ccc3-n3c(CNC(C)=O)ccc32)CC1. The number of nitrogens with zero attached hydrogens (tertiary/aromatic N) is 2. The molecule has 0 bridgehead atoms. The van der Waals surface area contributed by atoms with Crippen LogP contribution in [0.25, 0.3) is 5.69 Å². The number of halogens is 1. The number of amides is 2. The van der Waals surface area contributed by atoms with Crippen LogP contribution in [0, 0.1) is 5.92 Å². The highest BCUT2D eigenvalue weighted by molar-refractivity contribution is 6.30. The Kier molecular flexibility index (Phi) is 10.9. The van der Waals surface area contributed by atoms with E-state index in [1.807, 2.05) is 53.4 Å². The summed E-state index contributed by atoms with van der Waals surface area (Å²) in [4.78, 5) is 39.2. The molecular weight excluding hydrogens is 610 g/mol. The third-order valence-corrected chi connectivity index (χ3v) is 8.95. The normalized spacial score (nSPS) is 17.8.